The Kier molecular flexibility index (Phi) is 4.35. The minimum Gasteiger partial charge on any atom is -0.307 e. The van der Waals surface area contributed by atoms with Crippen LogP contribution in [0.5, 0.6) is 0 Å². The van der Waals surface area contributed by atoms with E-state index >= 15 is 0 Å². The summed E-state index contributed by atoms with van der Waals surface area (Å²) in [5.41, 5.74) is 0.658. The summed E-state index contributed by atoms with van der Waals surface area (Å²) in [4.78, 5) is 16.9. The highest BCUT2D eigenvalue weighted by Crippen LogP contribution is 2.27. The number of hydrogen-bond acceptors (Lipinski definition) is 5. The van der Waals surface area contributed by atoms with Gasteiger partial charge in [0.2, 0.25) is 4.96 Å². The molecule has 3 rings (SSSR count). The van der Waals surface area contributed by atoms with Crippen LogP contribution in [0.1, 0.15) is 49.7 Å². The molecule has 2 aromatic rings. The van der Waals surface area contributed by atoms with Gasteiger partial charge in [-0.3, -0.25) is 4.79 Å². The van der Waals surface area contributed by atoms with Gasteiger partial charge in [0.25, 0.3) is 5.56 Å². The van der Waals surface area contributed by atoms with Gasteiger partial charge in [-0.15, -0.1) is 0 Å². The van der Waals surface area contributed by atoms with E-state index in [4.69, 9.17) is 0 Å². The van der Waals surface area contributed by atoms with Crippen molar-refractivity contribution >= 4 is 16.3 Å². The van der Waals surface area contributed by atoms with Crippen molar-refractivity contribution in [1.82, 2.24) is 19.9 Å². The molecule has 2 heterocycles. The van der Waals surface area contributed by atoms with Crippen LogP contribution in [0.25, 0.3) is 4.96 Å². The maximum Gasteiger partial charge on any atom is 0.275 e. The van der Waals surface area contributed by atoms with Crippen LogP contribution >= 0.6 is 11.3 Å². The zero-order valence-corrected chi connectivity index (χ0v) is 13.4. The fraction of sp³-hybridized carbons (Fsp3) is 0.667. The van der Waals surface area contributed by atoms with E-state index in [1.54, 1.807) is 0 Å². The van der Waals surface area contributed by atoms with Crippen LogP contribution in [-0.2, 0) is 6.54 Å². The number of nitrogens with one attached hydrogen (secondary N) is 1. The molecule has 1 fully saturated rings. The highest BCUT2D eigenvalue weighted by molar-refractivity contribution is 7.16. The van der Waals surface area contributed by atoms with Crippen LogP contribution in [-0.4, -0.2) is 20.6 Å². The molecule has 1 N–H and O–H groups in total. The molecule has 5 nitrogen and oxygen atoms in total. The number of aromatic nitrogens is 3. The quantitative estimate of drug-likeness (QED) is 0.943. The van der Waals surface area contributed by atoms with Crippen molar-refractivity contribution < 1.29 is 0 Å². The summed E-state index contributed by atoms with van der Waals surface area (Å²) in [6.45, 7) is 4.84. The maximum absolute atomic E-state index is 11.9. The Morgan fingerprint density at radius 1 is 1.43 bits per heavy atom. The molecule has 2 atom stereocenters. The minimum absolute atomic E-state index is 0.0934. The number of nitrogens with zero attached hydrogens (tertiary/aromatic N) is 3. The minimum atomic E-state index is -0.0934. The molecule has 6 heteroatoms. The van der Waals surface area contributed by atoms with Crippen molar-refractivity contribution in [2.45, 2.75) is 58.5 Å². The number of aryl methyl sites for hydroxylation is 1. The summed E-state index contributed by atoms with van der Waals surface area (Å²) in [5, 5.41) is 8.96. The van der Waals surface area contributed by atoms with Crippen LogP contribution in [0.4, 0.5) is 0 Å². The second-order valence-electron chi connectivity index (χ2n) is 5.87. The van der Waals surface area contributed by atoms with Gasteiger partial charge in [0, 0.05) is 24.3 Å². The Hall–Kier alpha value is -1.27. The monoisotopic (exact) mass is 306 g/mol. The van der Waals surface area contributed by atoms with Crippen LogP contribution < -0.4 is 10.9 Å². The van der Waals surface area contributed by atoms with Gasteiger partial charge < -0.3 is 5.32 Å². The third-order valence-corrected chi connectivity index (χ3v) is 5.27. The first kappa shape index (κ1) is 14.7. The molecular weight excluding hydrogens is 284 g/mol. The largest absolute Gasteiger partial charge is 0.307 e. The van der Waals surface area contributed by atoms with E-state index < -0.39 is 0 Å². The van der Waals surface area contributed by atoms with E-state index in [0.29, 0.717) is 11.0 Å². The number of fused-ring (bicyclic) bond motifs is 1. The molecule has 21 heavy (non-hydrogen) atoms. The molecule has 1 aliphatic carbocycles. The molecule has 1 aliphatic rings. The van der Waals surface area contributed by atoms with Crippen molar-refractivity contribution in [1.29, 1.82) is 0 Å². The summed E-state index contributed by atoms with van der Waals surface area (Å²) in [6, 6.07) is 2.11. The average Bonchev–Trinajstić information content (AvgIpc) is 2.88. The van der Waals surface area contributed by atoms with Crippen LogP contribution in [0.3, 0.4) is 0 Å². The van der Waals surface area contributed by atoms with Gasteiger partial charge in [-0.2, -0.15) is 9.61 Å². The molecule has 114 valence electrons. The summed E-state index contributed by atoms with van der Waals surface area (Å²) in [5.74, 6) is 0.774. The van der Waals surface area contributed by atoms with Crippen molar-refractivity contribution in [3.05, 3.63) is 27.1 Å². The molecule has 0 bridgehead atoms. The van der Waals surface area contributed by atoms with Gasteiger partial charge >= 0.3 is 0 Å². The van der Waals surface area contributed by atoms with Crippen LogP contribution in [0.15, 0.2) is 10.9 Å². The van der Waals surface area contributed by atoms with E-state index in [1.807, 2.05) is 6.92 Å². The van der Waals surface area contributed by atoms with Crippen molar-refractivity contribution in [3.63, 3.8) is 0 Å². The van der Waals surface area contributed by atoms with Crippen LogP contribution in [0.2, 0.25) is 0 Å². The van der Waals surface area contributed by atoms with E-state index in [0.717, 1.165) is 23.2 Å². The Labute approximate surface area is 128 Å². The highest BCUT2D eigenvalue weighted by Gasteiger charge is 2.23. The van der Waals surface area contributed by atoms with Gasteiger partial charge in [0.05, 0.1) is 0 Å². The van der Waals surface area contributed by atoms with E-state index in [9.17, 15) is 4.79 Å². The second kappa shape index (κ2) is 6.23. The van der Waals surface area contributed by atoms with Crippen molar-refractivity contribution in [2.24, 2.45) is 5.92 Å². The summed E-state index contributed by atoms with van der Waals surface area (Å²) >= 11 is 1.50. The first-order valence-corrected chi connectivity index (χ1v) is 8.59. The lowest BCUT2D eigenvalue weighted by atomic mass is 9.83. The summed E-state index contributed by atoms with van der Waals surface area (Å²) in [7, 11) is 0. The SMILES string of the molecule is CC[C@@H]1CCCC[C@@H]1NCc1nn2c(=O)cc(C)nc2s1. The topological polar surface area (TPSA) is 59.3 Å². The lowest BCUT2D eigenvalue weighted by molar-refractivity contribution is 0.254. The van der Waals surface area contributed by atoms with Gasteiger partial charge in [0.15, 0.2) is 0 Å². The van der Waals surface area contributed by atoms with E-state index in [2.05, 4.69) is 22.3 Å². The Morgan fingerprint density at radius 2 is 2.24 bits per heavy atom. The van der Waals surface area contributed by atoms with Gasteiger partial charge in [0.1, 0.15) is 5.01 Å². The van der Waals surface area contributed by atoms with E-state index in [-0.39, 0.29) is 5.56 Å². The zero-order chi connectivity index (χ0) is 14.8. The lowest BCUT2D eigenvalue weighted by Gasteiger charge is -2.31. The molecular formula is C15H22N4OS. The molecule has 2 aromatic heterocycles. The third kappa shape index (κ3) is 3.16. The first-order chi connectivity index (χ1) is 10.2. The van der Waals surface area contributed by atoms with Gasteiger partial charge in [-0.25, -0.2) is 4.98 Å². The Bertz CT molecular complexity index is 678. The molecule has 0 amide bonds. The van der Waals surface area contributed by atoms with Crippen molar-refractivity contribution in [2.75, 3.05) is 0 Å². The number of rotatable bonds is 4. The molecule has 0 radical (unpaired) electrons. The highest BCUT2D eigenvalue weighted by atomic mass is 32.1. The second-order valence-corrected chi connectivity index (χ2v) is 6.91. The Balaban J connectivity index is 1.73. The molecule has 0 spiro atoms. The van der Waals surface area contributed by atoms with Gasteiger partial charge in [-0.1, -0.05) is 37.5 Å². The van der Waals surface area contributed by atoms with E-state index in [1.165, 1.54) is 54.0 Å². The molecule has 0 aliphatic heterocycles. The Morgan fingerprint density at radius 3 is 3.05 bits per heavy atom. The lowest BCUT2D eigenvalue weighted by Crippen LogP contribution is -2.37. The predicted octanol–water partition coefficient (Wildman–Crippen LogP) is 2.52. The van der Waals surface area contributed by atoms with Gasteiger partial charge in [-0.05, 0) is 25.7 Å². The maximum atomic E-state index is 11.9. The smallest absolute Gasteiger partial charge is 0.275 e. The molecule has 1 saturated carbocycles. The predicted molar refractivity (Wildman–Crippen MR) is 84.7 cm³/mol. The molecule has 0 saturated heterocycles. The zero-order valence-electron chi connectivity index (χ0n) is 12.6. The first-order valence-electron chi connectivity index (χ1n) is 7.77. The molecule has 0 aromatic carbocycles. The normalized spacial score (nSPS) is 22.8. The third-order valence-electron chi connectivity index (χ3n) is 4.36. The van der Waals surface area contributed by atoms with Crippen molar-refractivity contribution in [3.8, 4) is 0 Å². The average molecular weight is 306 g/mol. The fourth-order valence-corrected chi connectivity index (χ4v) is 4.11. The number of hydrogen-bond donors (Lipinski definition) is 1. The standard InChI is InChI=1S/C15H22N4OS/c1-3-11-6-4-5-7-12(11)16-9-13-18-19-14(20)8-10(2)17-15(19)21-13/h8,11-12,16H,3-7,9H2,1-2H3/t11-,12+/m1/s1. The molecule has 0 unspecified atom stereocenters. The fourth-order valence-electron chi connectivity index (χ4n) is 3.21. The summed E-state index contributed by atoms with van der Waals surface area (Å²) < 4.78 is 1.41. The van der Waals surface area contributed by atoms with Crippen LogP contribution in [0, 0.1) is 12.8 Å². The summed E-state index contributed by atoms with van der Waals surface area (Å²) in [6.07, 6.45) is 6.48.